The Labute approximate surface area is 115 Å². The topological polar surface area (TPSA) is 48.7 Å². The van der Waals surface area contributed by atoms with E-state index in [0.29, 0.717) is 24.5 Å². The van der Waals surface area contributed by atoms with E-state index in [1.165, 1.54) is 0 Å². The minimum absolute atomic E-state index is 0.148. The van der Waals surface area contributed by atoms with Crippen molar-refractivity contribution in [2.75, 3.05) is 13.2 Å². The Morgan fingerprint density at radius 1 is 1.16 bits per heavy atom. The Morgan fingerprint density at radius 2 is 1.68 bits per heavy atom. The summed E-state index contributed by atoms with van der Waals surface area (Å²) in [6, 6.07) is 0. The summed E-state index contributed by atoms with van der Waals surface area (Å²) in [6.45, 7) is 12.3. The zero-order valence-electron chi connectivity index (χ0n) is 12.7. The highest BCUT2D eigenvalue weighted by Crippen LogP contribution is 2.29. The second-order valence-electron chi connectivity index (χ2n) is 4.78. The Bertz CT molecular complexity index is 426. The van der Waals surface area contributed by atoms with Crippen LogP contribution in [0.15, 0.2) is 4.42 Å². The maximum absolute atomic E-state index is 12.6. The van der Waals surface area contributed by atoms with Crippen molar-refractivity contribution in [2.45, 2.75) is 53.8 Å². The third-order valence-corrected chi connectivity index (χ3v) is 3.03. The number of hydrogen-bond donors (Lipinski definition) is 0. The van der Waals surface area contributed by atoms with Crippen molar-refractivity contribution in [3.63, 3.8) is 0 Å². The van der Waals surface area contributed by atoms with Crippen molar-refractivity contribution < 1.29 is 18.7 Å². The summed E-state index contributed by atoms with van der Waals surface area (Å²) in [6.07, 6.45) is -0.844. The number of furan rings is 1. The van der Waals surface area contributed by atoms with E-state index in [-0.39, 0.29) is 11.7 Å². The highest BCUT2D eigenvalue weighted by atomic mass is 16.7. The minimum atomic E-state index is -0.844. The molecule has 1 aromatic rings. The first-order chi connectivity index (χ1) is 8.93. The van der Waals surface area contributed by atoms with E-state index in [9.17, 15) is 4.79 Å². The van der Waals surface area contributed by atoms with E-state index in [1.54, 1.807) is 0 Å². The van der Waals surface area contributed by atoms with Gasteiger partial charge in [-0.2, -0.15) is 0 Å². The molecule has 0 spiro atoms. The van der Waals surface area contributed by atoms with E-state index in [0.717, 1.165) is 11.3 Å². The largest absolute Gasteiger partial charge is 0.465 e. The van der Waals surface area contributed by atoms with Crippen molar-refractivity contribution in [1.29, 1.82) is 0 Å². The lowest BCUT2D eigenvalue weighted by Gasteiger charge is -2.16. The molecule has 0 fully saturated rings. The molecule has 0 N–H and O–H groups in total. The van der Waals surface area contributed by atoms with Gasteiger partial charge in [-0.05, 0) is 27.7 Å². The predicted octanol–water partition coefficient (Wildman–Crippen LogP) is 3.60. The van der Waals surface area contributed by atoms with Crippen molar-refractivity contribution >= 4 is 5.78 Å². The Hall–Kier alpha value is -1.13. The summed E-state index contributed by atoms with van der Waals surface area (Å²) in [7, 11) is 0. The fourth-order valence-electron chi connectivity index (χ4n) is 1.99. The van der Waals surface area contributed by atoms with Gasteiger partial charge in [-0.15, -0.1) is 0 Å². The van der Waals surface area contributed by atoms with Crippen LogP contribution in [0, 0.1) is 13.8 Å². The third kappa shape index (κ3) is 3.45. The number of Topliss-reactive ketones (excluding diaryl/α,β-unsaturated/α-hetero) is 1. The van der Waals surface area contributed by atoms with E-state index in [1.807, 2.05) is 41.5 Å². The standard InChI is InChI=1S/C15H24O4/c1-7-17-15(18-8-2)13(16)12-10(5)11(6)19-14(12)9(3)4/h9,15H,7-8H2,1-6H3. The maximum Gasteiger partial charge on any atom is 0.222 e. The molecule has 0 amide bonds. The van der Waals surface area contributed by atoms with Crippen LogP contribution in [-0.2, 0) is 9.47 Å². The van der Waals surface area contributed by atoms with Crippen LogP contribution in [0.3, 0.4) is 0 Å². The lowest BCUT2D eigenvalue weighted by atomic mass is 9.99. The molecule has 1 heterocycles. The van der Waals surface area contributed by atoms with Gasteiger partial charge in [0, 0.05) is 24.7 Å². The van der Waals surface area contributed by atoms with E-state index < -0.39 is 6.29 Å². The molecule has 4 nitrogen and oxygen atoms in total. The van der Waals surface area contributed by atoms with Gasteiger partial charge in [0.15, 0.2) is 0 Å². The van der Waals surface area contributed by atoms with Gasteiger partial charge in [0.1, 0.15) is 11.5 Å². The smallest absolute Gasteiger partial charge is 0.222 e. The summed E-state index contributed by atoms with van der Waals surface area (Å²) in [4.78, 5) is 12.6. The molecule has 0 radical (unpaired) electrons. The molecule has 4 heteroatoms. The molecular weight excluding hydrogens is 244 g/mol. The van der Waals surface area contributed by atoms with Gasteiger partial charge in [-0.3, -0.25) is 4.79 Å². The first kappa shape index (κ1) is 15.9. The summed E-state index contributed by atoms with van der Waals surface area (Å²) in [5, 5.41) is 0. The zero-order chi connectivity index (χ0) is 14.6. The molecule has 1 rings (SSSR count). The van der Waals surface area contributed by atoms with Crippen LogP contribution in [0.4, 0.5) is 0 Å². The van der Waals surface area contributed by atoms with Crippen LogP contribution in [0.1, 0.15) is 61.1 Å². The number of rotatable bonds is 7. The van der Waals surface area contributed by atoms with Crippen LogP contribution in [0.25, 0.3) is 0 Å². The molecule has 0 bridgehead atoms. The van der Waals surface area contributed by atoms with Gasteiger partial charge in [-0.25, -0.2) is 0 Å². The lowest BCUT2D eigenvalue weighted by molar-refractivity contribution is -0.107. The number of carbonyl (C=O) groups is 1. The molecule has 108 valence electrons. The van der Waals surface area contributed by atoms with Crippen molar-refractivity contribution in [3.05, 3.63) is 22.6 Å². The fraction of sp³-hybridized carbons (Fsp3) is 0.667. The molecule has 0 atom stereocenters. The Morgan fingerprint density at radius 3 is 2.11 bits per heavy atom. The SMILES string of the molecule is CCOC(OCC)C(=O)c1c(C(C)C)oc(C)c1C. The highest BCUT2D eigenvalue weighted by Gasteiger charge is 2.29. The predicted molar refractivity (Wildman–Crippen MR) is 73.6 cm³/mol. The number of carbonyl (C=O) groups excluding carboxylic acids is 1. The van der Waals surface area contributed by atoms with E-state index in [4.69, 9.17) is 13.9 Å². The molecule has 0 saturated heterocycles. The van der Waals surface area contributed by atoms with Gasteiger partial charge < -0.3 is 13.9 Å². The van der Waals surface area contributed by atoms with Crippen molar-refractivity contribution in [2.24, 2.45) is 0 Å². The molecule has 0 aliphatic carbocycles. The Kier molecular flexibility index (Phi) is 5.76. The van der Waals surface area contributed by atoms with Gasteiger partial charge >= 0.3 is 0 Å². The molecule has 0 saturated carbocycles. The van der Waals surface area contributed by atoms with E-state index in [2.05, 4.69) is 0 Å². The zero-order valence-corrected chi connectivity index (χ0v) is 12.7. The number of aryl methyl sites for hydroxylation is 1. The minimum Gasteiger partial charge on any atom is -0.465 e. The fourth-order valence-corrected chi connectivity index (χ4v) is 1.99. The molecule has 19 heavy (non-hydrogen) atoms. The van der Waals surface area contributed by atoms with Gasteiger partial charge in [-0.1, -0.05) is 13.8 Å². The number of ketones is 1. The second-order valence-corrected chi connectivity index (χ2v) is 4.78. The molecule has 0 unspecified atom stereocenters. The summed E-state index contributed by atoms with van der Waals surface area (Å²) >= 11 is 0. The molecule has 0 aromatic carbocycles. The lowest BCUT2D eigenvalue weighted by Crippen LogP contribution is -2.28. The molecular formula is C15H24O4. The van der Waals surface area contributed by atoms with Crippen LogP contribution in [0.2, 0.25) is 0 Å². The third-order valence-electron chi connectivity index (χ3n) is 3.03. The average molecular weight is 268 g/mol. The number of ether oxygens (including phenoxy) is 2. The first-order valence-corrected chi connectivity index (χ1v) is 6.81. The van der Waals surface area contributed by atoms with Crippen molar-refractivity contribution in [1.82, 2.24) is 0 Å². The van der Waals surface area contributed by atoms with Gasteiger partial charge in [0.05, 0.1) is 5.56 Å². The van der Waals surface area contributed by atoms with E-state index >= 15 is 0 Å². The average Bonchev–Trinajstić information content (AvgIpc) is 2.65. The van der Waals surface area contributed by atoms with Gasteiger partial charge in [0.2, 0.25) is 12.1 Å². The molecule has 1 aromatic heterocycles. The monoisotopic (exact) mass is 268 g/mol. The van der Waals surface area contributed by atoms with Crippen LogP contribution < -0.4 is 0 Å². The second kappa shape index (κ2) is 6.87. The van der Waals surface area contributed by atoms with Crippen LogP contribution in [-0.4, -0.2) is 25.3 Å². The number of hydrogen-bond acceptors (Lipinski definition) is 4. The van der Waals surface area contributed by atoms with Gasteiger partial charge in [0.25, 0.3) is 0 Å². The molecule has 0 aliphatic heterocycles. The first-order valence-electron chi connectivity index (χ1n) is 6.81. The summed E-state index contributed by atoms with van der Waals surface area (Å²) in [5.41, 5.74) is 1.48. The highest BCUT2D eigenvalue weighted by molar-refractivity contribution is 6.01. The van der Waals surface area contributed by atoms with Crippen LogP contribution in [0.5, 0.6) is 0 Å². The summed E-state index contributed by atoms with van der Waals surface area (Å²) in [5.74, 6) is 1.49. The summed E-state index contributed by atoms with van der Waals surface area (Å²) < 4.78 is 16.5. The normalized spacial score (nSPS) is 11.6. The molecule has 0 aliphatic rings. The Balaban J connectivity index is 3.16. The quantitative estimate of drug-likeness (QED) is 0.560. The maximum atomic E-state index is 12.6. The van der Waals surface area contributed by atoms with Crippen molar-refractivity contribution in [3.8, 4) is 0 Å². The van der Waals surface area contributed by atoms with Crippen LogP contribution >= 0.6 is 0 Å².